The van der Waals surface area contributed by atoms with E-state index in [0.717, 1.165) is 6.07 Å². The molecule has 0 fully saturated rings. The molecule has 1 aromatic heterocycles. The van der Waals surface area contributed by atoms with Crippen LogP contribution >= 0.6 is 0 Å². The van der Waals surface area contributed by atoms with Gasteiger partial charge in [-0.05, 0) is 26.8 Å². The summed E-state index contributed by atoms with van der Waals surface area (Å²) in [6, 6.07) is 2.50. The summed E-state index contributed by atoms with van der Waals surface area (Å²) >= 11 is 0. The number of aromatic nitrogens is 1. The van der Waals surface area contributed by atoms with E-state index in [2.05, 4.69) is 10.3 Å². The summed E-state index contributed by atoms with van der Waals surface area (Å²) in [6.07, 6.45) is 1.23. The predicted molar refractivity (Wildman–Crippen MR) is 69.1 cm³/mol. The molecule has 2 amide bonds. The molecule has 0 radical (unpaired) electrons. The lowest BCUT2D eigenvalue weighted by Gasteiger charge is -2.21. The Morgan fingerprint density at radius 2 is 2.16 bits per heavy atom. The van der Waals surface area contributed by atoms with E-state index in [4.69, 9.17) is 0 Å². The molecule has 0 aliphatic carbocycles. The van der Waals surface area contributed by atoms with E-state index in [1.807, 2.05) is 13.8 Å². The second kappa shape index (κ2) is 6.82. The van der Waals surface area contributed by atoms with Gasteiger partial charge in [0.15, 0.2) is 0 Å². The molecule has 1 heterocycles. The van der Waals surface area contributed by atoms with Crippen molar-refractivity contribution in [1.82, 2.24) is 15.2 Å². The number of hydrogen-bond donors (Lipinski definition) is 1. The third kappa shape index (κ3) is 4.65. The summed E-state index contributed by atoms with van der Waals surface area (Å²) < 4.78 is 13.0. The zero-order valence-electron chi connectivity index (χ0n) is 11.3. The molecule has 0 saturated carbocycles. The van der Waals surface area contributed by atoms with Crippen molar-refractivity contribution in [3.63, 3.8) is 0 Å². The maximum absolute atomic E-state index is 13.0. The van der Waals surface area contributed by atoms with Crippen LogP contribution in [0.1, 0.15) is 31.1 Å². The zero-order chi connectivity index (χ0) is 14.4. The summed E-state index contributed by atoms with van der Waals surface area (Å²) in [5.41, 5.74) is 0.187. The SMILES string of the molecule is CCN(CC(=O)NC(C)C)C(=O)c1ccnc(F)c1. The maximum atomic E-state index is 13.0. The number of nitrogens with one attached hydrogen (secondary N) is 1. The Balaban J connectivity index is 2.74. The first-order chi connectivity index (χ1) is 8.93. The molecule has 1 aromatic rings. The fourth-order valence-corrected chi connectivity index (χ4v) is 1.59. The fourth-order valence-electron chi connectivity index (χ4n) is 1.59. The normalized spacial score (nSPS) is 10.4. The minimum Gasteiger partial charge on any atom is -0.352 e. The Labute approximate surface area is 111 Å². The maximum Gasteiger partial charge on any atom is 0.254 e. The van der Waals surface area contributed by atoms with E-state index in [-0.39, 0.29) is 30.0 Å². The molecule has 104 valence electrons. The van der Waals surface area contributed by atoms with Crippen molar-refractivity contribution < 1.29 is 14.0 Å². The molecule has 6 heteroatoms. The van der Waals surface area contributed by atoms with Crippen molar-refractivity contribution in [1.29, 1.82) is 0 Å². The summed E-state index contributed by atoms with van der Waals surface area (Å²) in [7, 11) is 0. The van der Waals surface area contributed by atoms with Gasteiger partial charge in [0.25, 0.3) is 5.91 Å². The van der Waals surface area contributed by atoms with Gasteiger partial charge in [-0.25, -0.2) is 4.98 Å². The van der Waals surface area contributed by atoms with E-state index >= 15 is 0 Å². The second-order valence-electron chi connectivity index (χ2n) is 4.41. The summed E-state index contributed by atoms with van der Waals surface area (Å²) in [5.74, 6) is -1.34. The number of carbonyl (C=O) groups excluding carboxylic acids is 2. The number of nitrogens with zero attached hydrogens (tertiary/aromatic N) is 2. The van der Waals surface area contributed by atoms with E-state index in [9.17, 15) is 14.0 Å². The molecule has 19 heavy (non-hydrogen) atoms. The quantitative estimate of drug-likeness (QED) is 0.816. The van der Waals surface area contributed by atoms with Crippen molar-refractivity contribution in [2.45, 2.75) is 26.8 Å². The van der Waals surface area contributed by atoms with Crippen LogP contribution in [-0.4, -0.2) is 40.8 Å². The lowest BCUT2D eigenvalue weighted by Crippen LogP contribution is -2.42. The number of amides is 2. The van der Waals surface area contributed by atoms with Gasteiger partial charge in [-0.1, -0.05) is 0 Å². The molecule has 1 rings (SSSR count). The average Bonchev–Trinajstić information content (AvgIpc) is 2.34. The third-order valence-electron chi connectivity index (χ3n) is 2.43. The molecular formula is C13H18FN3O2. The van der Waals surface area contributed by atoms with Crippen LogP contribution in [0.25, 0.3) is 0 Å². The van der Waals surface area contributed by atoms with Gasteiger partial charge >= 0.3 is 0 Å². The van der Waals surface area contributed by atoms with Crippen LogP contribution in [-0.2, 0) is 4.79 Å². The highest BCUT2D eigenvalue weighted by Gasteiger charge is 2.18. The molecule has 0 unspecified atom stereocenters. The van der Waals surface area contributed by atoms with Crippen LogP contribution in [0.4, 0.5) is 4.39 Å². The van der Waals surface area contributed by atoms with Crippen molar-refractivity contribution in [3.05, 3.63) is 29.8 Å². The number of hydrogen-bond acceptors (Lipinski definition) is 3. The van der Waals surface area contributed by atoms with Crippen LogP contribution in [0.15, 0.2) is 18.3 Å². The van der Waals surface area contributed by atoms with E-state index < -0.39 is 5.95 Å². The first-order valence-electron chi connectivity index (χ1n) is 6.14. The second-order valence-corrected chi connectivity index (χ2v) is 4.41. The molecular weight excluding hydrogens is 249 g/mol. The molecule has 0 spiro atoms. The Morgan fingerprint density at radius 1 is 1.47 bits per heavy atom. The summed E-state index contributed by atoms with van der Waals surface area (Å²) in [6.45, 7) is 5.77. The average molecular weight is 267 g/mol. The topological polar surface area (TPSA) is 62.3 Å². The predicted octanol–water partition coefficient (Wildman–Crippen LogP) is 1.21. The Bertz CT molecular complexity index is 463. The van der Waals surface area contributed by atoms with Crippen molar-refractivity contribution in [2.75, 3.05) is 13.1 Å². The minimum absolute atomic E-state index is 0.0136. The Kier molecular flexibility index (Phi) is 5.41. The molecule has 0 aromatic carbocycles. The zero-order valence-corrected chi connectivity index (χ0v) is 11.3. The van der Waals surface area contributed by atoms with Gasteiger partial charge < -0.3 is 10.2 Å². The Hall–Kier alpha value is -1.98. The third-order valence-corrected chi connectivity index (χ3v) is 2.43. The fraction of sp³-hybridized carbons (Fsp3) is 0.462. The van der Waals surface area contributed by atoms with Gasteiger partial charge in [0.2, 0.25) is 11.9 Å². The van der Waals surface area contributed by atoms with Crippen molar-refractivity contribution >= 4 is 11.8 Å². The first-order valence-corrected chi connectivity index (χ1v) is 6.14. The number of carbonyl (C=O) groups is 2. The van der Waals surface area contributed by atoms with Gasteiger partial charge in [0.05, 0.1) is 6.54 Å². The smallest absolute Gasteiger partial charge is 0.254 e. The van der Waals surface area contributed by atoms with Crippen LogP contribution in [0.5, 0.6) is 0 Å². The van der Waals surface area contributed by atoms with E-state index in [0.29, 0.717) is 6.54 Å². The number of pyridine rings is 1. The standard InChI is InChI=1S/C13H18FN3O2/c1-4-17(8-12(18)16-9(2)3)13(19)10-5-6-15-11(14)7-10/h5-7,9H,4,8H2,1-3H3,(H,16,18). The van der Waals surface area contributed by atoms with E-state index in [1.165, 1.54) is 17.2 Å². The highest BCUT2D eigenvalue weighted by molar-refractivity contribution is 5.96. The summed E-state index contributed by atoms with van der Waals surface area (Å²) in [5, 5.41) is 2.71. The Morgan fingerprint density at radius 3 is 2.68 bits per heavy atom. The highest BCUT2D eigenvalue weighted by atomic mass is 19.1. The first kappa shape index (κ1) is 15.1. The van der Waals surface area contributed by atoms with Gasteiger partial charge in [-0.3, -0.25) is 9.59 Å². The van der Waals surface area contributed by atoms with Crippen LogP contribution in [0.3, 0.4) is 0 Å². The van der Waals surface area contributed by atoms with Crippen LogP contribution < -0.4 is 5.32 Å². The van der Waals surface area contributed by atoms with Crippen molar-refractivity contribution in [3.8, 4) is 0 Å². The number of halogens is 1. The molecule has 0 aliphatic rings. The highest BCUT2D eigenvalue weighted by Crippen LogP contribution is 2.05. The molecule has 0 saturated heterocycles. The number of rotatable bonds is 5. The lowest BCUT2D eigenvalue weighted by molar-refractivity contribution is -0.122. The lowest BCUT2D eigenvalue weighted by atomic mass is 10.2. The van der Waals surface area contributed by atoms with Crippen molar-refractivity contribution in [2.24, 2.45) is 0 Å². The van der Waals surface area contributed by atoms with Gasteiger partial charge in [-0.15, -0.1) is 0 Å². The van der Waals surface area contributed by atoms with Gasteiger partial charge in [-0.2, -0.15) is 4.39 Å². The minimum atomic E-state index is -0.714. The van der Waals surface area contributed by atoms with Crippen LogP contribution in [0.2, 0.25) is 0 Å². The molecule has 5 nitrogen and oxygen atoms in total. The number of likely N-dealkylation sites (N-methyl/N-ethyl adjacent to an activating group) is 1. The van der Waals surface area contributed by atoms with E-state index in [1.54, 1.807) is 6.92 Å². The van der Waals surface area contributed by atoms with Gasteiger partial charge in [0.1, 0.15) is 0 Å². The monoisotopic (exact) mass is 267 g/mol. The molecule has 0 atom stereocenters. The largest absolute Gasteiger partial charge is 0.352 e. The molecule has 0 bridgehead atoms. The van der Waals surface area contributed by atoms with Crippen LogP contribution in [0, 0.1) is 5.95 Å². The molecule has 1 N–H and O–H groups in total. The van der Waals surface area contributed by atoms with Gasteiger partial charge in [0, 0.05) is 30.4 Å². The molecule has 0 aliphatic heterocycles. The summed E-state index contributed by atoms with van der Waals surface area (Å²) in [4.78, 5) is 28.5.